The van der Waals surface area contributed by atoms with Gasteiger partial charge in [0.15, 0.2) is 6.17 Å². The summed E-state index contributed by atoms with van der Waals surface area (Å²) in [5.74, 6) is 0.314. The monoisotopic (exact) mass is 436 g/mol. The lowest BCUT2D eigenvalue weighted by molar-refractivity contribution is -0.119. The van der Waals surface area contributed by atoms with Gasteiger partial charge < -0.3 is 31.5 Å². The number of rotatable bonds is 8. The molecule has 1 atom stereocenters. The molecule has 1 aliphatic rings. The van der Waals surface area contributed by atoms with Crippen LogP contribution < -0.4 is 26.6 Å². The summed E-state index contributed by atoms with van der Waals surface area (Å²) in [4.78, 5) is 36.0. The third-order valence-corrected chi connectivity index (χ3v) is 4.46. The second-order valence-corrected chi connectivity index (χ2v) is 6.89. The average Bonchev–Trinajstić information content (AvgIpc) is 3.09. The van der Waals surface area contributed by atoms with E-state index in [0.717, 1.165) is 11.1 Å². The number of aromatic nitrogens is 3. The van der Waals surface area contributed by atoms with E-state index in [2.05, 4.69) is 41.5 Å². The minimum absolute atomic E-state index is 0.0729. The molecule has 0 saturated carbocycles. The lowest BCUT2D eigenvalue weighted by Gasteiger charge is -2.13. The topological polar surface area (TPSA) is 173 Å². The van der Waals surface area contributed by atoms with E-state index < -0.39 is 18.1 Å². The van der Waals surface area contributed by atoms with E-state index in [1.54, 1.807) is 48.5 Å². The first kappa shape index (κ1) is 20.7. The summed E-state index contributed by atoms with van der Waals surface area (Å²) in [5, 5.41) is 32.3. The quantitative estimate of drug-likeness (QED) is 0.253. The highest BCUT2D eigenvalue weighted by atomic mass is 16.3. The second kappa shape index (κ2) is 9.04. The molecule has 1 fully saturated rings. The number of hydrogen-bond donors (Lipinski definition) is 7. The summed E-state index contributed by atoms with van der Waals surface area (Å²) in [5.41, 5.74) is 1.78. The van der Waals surface area contributed by atoms with Crippen molar-refractivity contribution in [3.8, 4) is 11.5 Å². The molecule has 12 heteroatoms. The van der Waals surface area contributed by atoms with Crippen LogP contribution in [0.4, 0.5) is 22.6 Å². The van der Waals surface area contributed by atoms with Crippen LogP contribution in [0, 0.1) is 0 Å². The van der Waals surface area contributed by atoms with E-state index in [-0.39, 0.29) is 29.3 Å². The maximum Gasteiger partial charge on any atom is 0.323 e. The third-order valence-electron chi connectivity index (χ3n) is 4.46. The van der Waals surface area contributed by atoms with Gasteiger partial charge in [0, 0.05) is 13.1 Å². The molecule has 0 spiro atoms. The molecule has 1 aromatic heterocycles. The summed E-state index contributed by atoms with van der Waals surface area (Å²) in [6.07, 6.45) is -1.01. The first-order valence-electron chi connectivity index (χ1n) is 9.62. The predicted molar refractivity (Wildman–Crippen MR) is 115 cm³/mol. The number of carbonyl (C=O) groups is 2. The van der Waals surface area contributed by atoms with E-state index in [1.165, 1.54) is 0 Å². The van der Waals surface area contributed by atoms with Crippen LogP contribution in [0.2, 0.25) is 0 Å². The number of nitrogens with one attached hydrogen (secondary N) is 5. The maximum atomic E-state index is 11.8. The van der Waals surface area contributed by atoms with E-state index in [0.29, 0.717) is 13.1 Å². The Labute approximate surface area is 182 Å². The number of urea groups is 1. The number of hydrogen-bond acceptors (Lipinski definition) is 10. The number of nitrogens with zero attached hydrogens (tertiary/aromatic N) is 3. The lowest BCUT2D eigenvalue weighted by atomic mass is 10.2. The maximum absolute atomic E-state index is 11.8. The van der Waals surface area contributed by atoms with Crippen LogP contribution in [0.5, 0.6) is 11.5 Å². The van der Waals surface area contributed by atoms with Crippen molar-refractivity contribution in [2.75, 3.05) is 16.0 Å². The van der Waals surface area contributed by atoms with Gasteiger partial charge in [-0.2, -0.15) is 15.0 Å². The number of phenols is 2. The Hall–Kier alpha value is -4.61. The molecular formula is C20H20N8O4. The molecule has 3 aromatic rings. The fraction of sp³-hybridized carbons (Fsp3) is 0.150. The molecule has 1 unspecified atom stereocenters. The van der Waals surface area contributed by atoms with Crippen LogP contribution in [0.25, 0.3) is 0 Å². The smallest absolute Gasteiger partial charge is 0.323 e. The Bertz CT molecular complexity index is 1050. The van der Waals surface area contributed by atoms with Crippen molar-refractivity contribution in [3.05, 3.63) is 59.7 Å². The molecule has 7 N–H and O–H groups in total. The SMILES string of the molecule is O=C1NC(=O)C(Nc2nc(NCc3ccc(O)cc3)nc(NCc3ccc(O)cc3)n2)N1. The fourth-order valence-electron chi connectivity index (χ4n) is 2.84. The number of phenolic OH excluding ortho intramolecular Hbond substituents is 2. The number of carbonyl (C=O) groups excluding carboxylic acids is 2. The Morgan fingerprint density at radius 2 is 1.22 bits per heavy atom. The Morgan fingerprint density at radius 1 is 0.750 bits per heavy atom. The molecule has 2 heterocycles. The molecule has 1 saturated heterocycles. The van der Waals surface area contributed by atoms with Crippen LogP contribution in [-0.2, 0) is 17.9 Å². The van der Waals surface area contributed by atoms with E-state index >= 15 is 0 Å². The molecule has 4 rings (SSSR count). The summed E-state index contributed by atoms with van der Waals surface area (Å²) in [6, 6.07) is 12.7. The largest absolute Gasteiger partial charge is 0.508 e. The van der Waals surface area contributed by atoms with E-state index in [9.17, 15) is 19.8 Å². The van der Waals surface area contributed by atoms with Gasteiger partial charge in [-0.25, -0.2) is 4.79 Å². The number of imide groups is 1. The first-order chi connectivity index (χ1) is 15.4. The number of benzene rings is 2. The van der Waals surface area contributed by atoms with Crippen molar-refractivity contribution in [2.24, 2.45) is 0 Å². The average molecular weight is 436 g/mol. The van der Waals surface area contributed by atoms with Crippen LogP contribution >= 0.6 is 0 Å². The zero-order chi connectivity index (χ0) is 22.5. The fourth-order valence-corrected chi connectivity index (χ4v) is 2.84. The normalized spacial score (nSPS) is 15.1. The van der Waals surface area contributed by atoms with Gasteiger partial charge in [0.1, 0.15) is 11.5 Å². The standard InChI is InChI=1S/C20H20N8O4/c29-13-5-1-11(2-6-13)9-21-17-26-18(22-10-12-3-7-14(30)8-4-12)28-19(27-17)23-15-16(31)25-20(32)24-15/h1-8,15,29-30H,9-10H2,(H2,24,25,31,32)(H3,21,22,23,26,27,28). The van der Waals surface area contributed by atoms with Gasteiger partial charge in [0.05, 0.1) is 0 Å². The van der Waals surface area contributed by atoms with Gasteiger partial charge in [-0.1, -0.05) is 24.3 Å². The molecule has 0 bridgehead atoms. The van der Waals surface area contributed by atoms with Gasteiger partial charge in [0.25, 0.3) is 5.91 Å². The highest BCUT2D eigenvalue weighted by Gasteiger charge is 2.30. The first-order valence-corrected chi connectivity index (χ1v) is 9.62. The van der Waals surface area contributed by atoms with Crippen LogP contribution in [0.1, 0.15) is 11.1 Å². The van der Waals surface area contributed by atoms with Gasteiger partial charge >= 0.3 is 6.03 Å². The molecule has 32 heavy (non-hydrogen) atoms. The third kappa shape index (κ3) is 5.30. The van der Waals surface area contributed by atoms with Crippen molar-refractivity contribution in [3.63, 3.8) is 0 Å². The lowest BCUT2D eigenvalue weighted by Crippen LogP contribution is -2.37. The Kier molecular flexibility index (Phi) is 5.83. The van der Waals surface area contributed by atoms with Crippen LogP contribution in [-0.4, -0.2) is 43.3 Å². The van der Waals surface area contributed by atoms with Crippen molar-refractivity contribution >= 4 is 29.8 Å². The molecule has 0 aliphatic carbocycles. The molecule has 0 radical (unpaired) electrons. The van der Waals surface area contributed by atoms with Crippen molar-refractivity contribution in [1.82, 2.24) is 25.6 Å². The van der Waals surface area contributed by atoms with Crippen molar-refractivity contribution < 1.29 is 19.8 Å². The van der Waals surface area contributed by atoms with Gasteiger partial charge in [-0.3, -0.25) is 10.1 Å². The molecule has 3 amide bonds. The molecule has 1 aliphatic heterocycles. The highest BCUT2D eigenvalue weighted by Crippen LogP contribution is 2.15. The van der Waals surface area contributed by atoms with Gasteiger partial charge in [-0.15, -0.1) is 0 Å². The molecule has 12 nitrogen and oxygen atoms in total. The summed E-state index contributed by atoms with van der Waals surface area (Å²) >= 11 is 0. The predicted octanol–water partition coefficient (Wildman–Crippen LogP) is 1.08. The Morgan fingerprint density at radius 3 is 1.66 bits per heavy atom. The van der Waals surface area contributed by atoms with Crippen LogP contribution in [0.15, 0.2) is 48.5 Å². The number of amides is 3. The molecule has 2 aromatic carbocycles. The van der Waals surface area contributed by atoms with Crippen LogP contribution in [0.3, 0.4) is 0 Å². The van der Waals surface area contributed by atoms with Crippen molar-refractivity contribution in [2.45, 2.75) is 19.3 Å². The highest BCUT2D eigenvalue weighted by molar-refractivity contribution is 6.05. The zero-order valence-corrected chi connectivity index (χ0v) is 16.7. The minimum Gasteiger partial charge on any atom is -0.508 e. The zero-order valence-electron chi connectivity index (χ0n) is 16.7. The number of aromatic hydroxyl groups is 2. The summed E-state index contributed by atoms with van der Waals surface area (Å²) < 4.78 is 0. The second-order valence-electron chi connectivity index (χ2n) is 6.89. The van der Waals surface area contributed by atoms with E-state index in [4.69, 9.17) is 0 Å². The van der Waals surface area contributed by atoms with Crippen molar-refractivity contribution in [1.29, 1.82) is 0 Å². The number of anilines is 3. The minimum atomic E-state index is -1.01. The van der Waals surface area contributed by atoms with E-state index in [1.807, 2.05) is 0 Å². The van der Waals surface area contributed by atoms with Gasteiger partial charge in [0.2, 0.25) is 17.8 Å². The summed E-state index contributed by atoms with van der Waals surface area (Å²) in [6.45, 7) is 0.754. The van der Waals surface area contributed by atoms with Gasteiger partial charge in [-0.05, 0) is 35.4 Å². The molecular weight excluding hydrogens is 416 g/mol. The summed E-state index contributed by atoms with van der Waals surface area (Å²) in [7, 11) is 0. The molecule has 164 valence electrons. The Balaban J connectivity index is 1.51.